The number of para-hydroxylation sites is 1. The summed E-state index contributed by atoms with van der Waals surface area (Å²) < 4.78 is 5.34. The number of fused-ring (bicyclic) bond motifs is 1. The molecule has 2 aromatic carbocycles. The van der Waals surface area contributed by atoms with Crippen molar-refractivity contribution in [2.24, 2.45) is 0 Å². The fourth-order valence-corrected chi connectivity index (χ4v) is 3.50. The lowest BCUT2D eigenvalue weighted by Crippen LogP contribution is -2.47. The van der Waals surface area contributed by atoms with Crippen LogP contribution in [0.25, 0.3) is 10.9 Å². The van der Waals surface area contributed by atoms with Crippen LogP contribution in [0.2, 0.25) is 0 Å². The third-order valence-electron chi connectivity index (χ3n) is 5.01. The van der Waals surface area contributed by atoms with Crippen LogP contribution in [0.1, 0.15) is 5.69 Å². The number of H-pyrrole nitrogens is 1. The van der Waals surface area contributed by atoms with Crippen LogP contribution in [-0.4, -0.2) is 54.9 Å². The molecule has 5 heteroatoms. The van der Waals surface area contributed by atoms with Crippen molar-refractivity contribution in [2.45, 2.75) is 6.42 Å². The molecule has 1 saturated heterocycles. The van der Waals surface area contributed by atoms with Gasteiger partial charge in [0.1, 0.15) is 5.75 Å². The van der Waals surface area contributed by atoms with Gasteiger partial charge >= 0.3 is 0 Å². The quantitative estimate of drug-likeness (QED) is 0.778. The summed E-state index contributed by atoms with van der Waals surface area (Å²) in [5, 5.41) is 8.77. The number of aromatic nitrogens is 2. The summed E-state index contributed by atoms with van der Waals surface area (Å²) in [5.74, 6) is 0.881. The summed E-state index contributed by atoms with van der Waals surface area (Å²) in [4.78, 5) is 5.00. The molecule has 0 unspecified atom stereocenters. The Balaban J connectivity index is 1.35. The molecule has 0 aliphatic carbocycles. The van der Waals surface area contributed by atoms with Crippen molar-refractivity contribution >= 4 is 16.6 Å². The van der Waals surface area contributed by atoms with Crippen molar-refractivity contribution in [3.63, 3.8) is 0 Å². The molecule has 1 N–H and O–H groups in total. The van der Waals surface area contributed by atoms with Crippen LogP contribution in [0.15, 0.2) is 48.5 Å². The molecule has 0 atom stereocenters. The highest BCUT2D eigenvalue weighted by atomic mass is 16.5. The standard InChI is InChI=1S/C20H24N4O/c1-25-17-7-8-19-18(15-17)20(22-21-19)9-10-23-11-13-24(14-12-23)16-5-3-2-4-6-16/h2-8,15H,9-14H2,1H3,(H,21,22). The summed E-state index contributed by atoms with van der Waals surface area (Å²) in [6, 6.07) is 16.7. The van der Waals surface area contributed by atoms with Gasteiger partial charge in [-0.05, 0) is 30.3 Å². The van der Waals surface area contributed by atoms with Gasteiger partial charge in [-0.3, -0.25) is 10.00 Å². The maximum atomic E-state index is 5.34. The summed E-state index contributed by atoms with van der Waals surface area (Å²) in [5.41, 5.74) is 3.53. The van der Waals surface area contributed by atoms with Gasteiger partial charge < -0.3 is 9.64 Å². The molecule has 130 valence electrons. The fourth-order valence-electron chi connectivity index (χ4n) is 3.50. The fraction of sp³-hybridized carbons (Fsp3) is 0.350. The second kappa shape index (κ2) is 7.15. The molecule has 4 rings (SSSR count). The zero-order valence-corrected chi connectivity index (χ0v) is 14.6. The first-order valence-corrected chi connectivity index (χ1v) is 8.87. The van der Waals surface area contributed by atoms with E-state index in [1.807, 2.05) is 12.1 Å². The van der Waals surface area contributed by atoms with Crippen molar-refractivity contribution < 1.29 is 4.74 Å². The number of nitrogens with one attached hydrogen (secondary N) is 1. The van der Waals surface area contributed by atoms with Crippen molar-refractivity contribution in [1.82, 2.24) is 15.1 Å². The number of aromatic amines is 1. The molecule has 1 fully saturated rings. The number of anilines is 1. The predicted octanol–water partition coefficient (Wildman–Crippen LogP) is 2.94. The summed E-state index contributed by atoms with van der Waals surface area (Å²) >= 11 is 0. The summed E-state index contributed by atoms with van der Waals surface area (Å²) in [6.45, 7) is 5.43. The number of nitrogens with zero attached hydrogens (tertiary/aromatic N) is 3. The van der Waals surface area contributed by atoms with E-state index >= 15 is 0 Å². The highest BCUT2D eigenvalue weighted by Gasteiger charge is 2.17. The largest absolute Gasteiger partial charge is 0.497 e. The van der Waals surface area contributed by atoms with E-state index in [0.717, 1.165) is 50.4 Å². The molecule has 25 heavy (non-hydrogen) atoms. The number of rotatable bonds is 5. The van der Waals surface area contributed by atoms with Gasteiger partial charge in [0.15, 0.2) is 0 Å². The number of methoxy groups -OCH3 is 1. The van der Waals surface area contributed by atoms with Crippen LogP contribution in [0.5, 0.6) is 5.75 Å². The number of piperazine rings is 1. The SMILES string of the molecule is COc1ccc2n[nH]c(CCN3CCN(c4ccccc4)CC3)c2c1. The number of ether oxygens (including phenoxy) is 1. The van der Waals surface area contributed by atoms with Crippen LogP contribution in [0.3, 0.4) is 0 Å². The molecule has 1 aliphatic rings. The maximum absolute atomic E-state index is 5.34. The maximum Gasteiger partial charge on any atom is 0.119 e. The minimum Gasteiger partial charge on any atom is -0.497 e. The zero-order chi connectivity index (χ0) is 17.1. The average molecular weight is 336 g/mol. The van der Waals surface area contributed by atoms with Crippen molar-refractivity contribution in [3.05, 3.63) is 54.2 Å². The molecule has 5 nitrogen and oxygen atoms in total. The zero-order valence-electron chi connectivity index (χ0n) is 14.6. The Kier molecular flexibility index (Phi) is 4.57. The lowest BCUT2D eigenvalue weighted by molar-refractivity contribution is 0.260. The normalized spacial score (nSPS) is 15.6. The van der Waals surface area contributed by atoms with Gasteiger partial charge in [0, 0.05) is 55.9 Å². The molecular weight excluding hydrogens is 312 g/mol. The molecule has 2 heterocycles. The molecule has 0 radical (unpaired) electrons. The first kappa shape index (κ1) is 16.0. The minimum atomic E-state index is 0.881. The molecule has 0 spiro atoms. The van der Waals surface area contributed by atoms with E-state index in [1.165, 1.54) is 16.8 Å². The van der Waals surface area contributed by atoms with E-state index in [0.29, 0.717) is 0 Å². The van der Waals surface area contributed by atoms with Crippen molar-refractivity contribution in [1.29, 1.82) is 0 Å². The summed E-state index contributed by atoms with van der Waals surface area (Å²) in [6.07, 6.45) is 0.981. The van der Waals surface area contributed by atoms with E-state index in [-0.39, 0.29) is 0 Å². The minimum absolute atomic E-state index is 0.881. The second-order valence-corrected chi connectivity index (χ2v) is 6.50. The Morgan fingerprint density at radius 2 is 1.84 bits per heavy atom. The first-order valence-electron chi connectivity index (χ1n) is 8.87. The Hall–Kier alpha value is -2.53. The highest BCUT2D eigenvalue weighted by molar-refractivity contribution is 5.82. The third-order valence-corrected chi connectivity index (χ3v) is 5.01. The van der Waals surface area contributed by atoms with Gasteiger partial charge in [0.25, 0.3) is 0 Å². The molecule has 3 aromatic rings. The molecule has 0 saturated carbocycles. The molecule has 0 bridgehead atoms. The smallest absolute Gasteiger partial charge is 0.119 e. The molecule has 0 amide bonds. The van der Waals surface area contributed by atoms with Gasteiger partial charge in [0.2, 0.25) is 0 Å². The number of hydrogen-bond acceptors (Lipinski definition) is 4. The lowest BCUT2D eigenvalue weighted by Gasteiger charge is -2.36. The topological polar surface area (TPSA) is 44.4 Å². The van der Waals surface area contributed by atoms with Crippen molar-refractivity contribution in [2.75, 3.05) is 44.7 Å². The average Bonchev–Trinajstić information content (AvgIpc) is 3.09. The Bertz CT molecular complexity index is 822. The van der Waals surface area contributed by atoms with Crippen LogP contribution < -0.4 is 9.64 Å². The lowest BCUT2D eigenvalue weighted by atomic mass is 10.1. The van der Waals surface area contributed by atoms with Gasteiger partial charge in [-0.25, -0.2) is 0 Å². The first-order chi connectivity index (χ1) is 12.3. The Morgan fingerprint density at radius 1 is 1.04 bits per heavy atom. The van der Waals surface area contributed by atoms with Crippen LogP contribution >= 0.6 is 0 Å². The Labute approximate surface area is 148 Å². The van der Waals surface area contributed by atoms with Crippen LogP contribution in [0, 0.1) is 0 Å². The second-order valence-electron chi connectivity index (χ2n) is 6.50. The third kappa shape index (κ3) is 3.46. The van der Waals surface area contributed by atoms with E-state index in [9.17, 15) is 0 Å². The summed E-state index contributed by atoms with van der Waals surface area (Å²) in [7, 11) is 1.70. The predicted molar refractivity (Wildman–Crippen MR) is 101 cm³/mol. The van der Waals surface area contributed by atoms with Crippen molar-refractivity contribution in [3.8, 4) is 5.75 Å². The van der Waals surface area contributed by atoms with Gasteiger partial charge in [0.05, 0.1) is 12.6 Å². The number of hydrogen-bond donors (Lipinski definition) is 1. The van der Waals surface area contributed by atoms with E-state index in [1.54, 1.807) is 7.11 Å². The van der Waals surface area contributed by atoms with Gasteiger partial charge in [-0.15, -0.1) is 0 Å². The molecule has 1 aliphatic heterocycles. The van der Waals surface area contributed by atoms with E-state index in [4.69, 9.17) is 4.74 Å². The molecular formula is C20H24N4O. The Morgan fingerprint density at radius 3 is 2.60 bits per heavy atom. The van der Waals surface area contributed by atoms with Crippen LogP contribution in [0.4, 0.5) is 5.69 Å². The van der Waals surface area contributed by atoms with Crippen LogP contribution in [-0.2, 0) is 6.42 Å². The van der Waals surface area contributed by atoms with E-state index < -0.39 is 0 Å². The monoisotopic (exact) mass is 336 g/mol. The van der Waals surface area contributed by atoms with Gasteiger partial charge in [-0.2, -0.15) is 5.10 Å². The van der Waals surface area contributed by atoms with E-state index in [2.05, 4.69) is 56.4 Å². The van der Waals surface area contributed by atoms with Gasteiger partial charge in [-0.1, -0.05) is 18.2 Å². The molecule has 1 aromatic heterocycles. The highest BCUT2D eigenvalue weighted by Crippen LogP contribution is 2.22. The number of benzene rings is 2.